The molecule has 3 heteroatoms. The van der Waals surface area contributed by atoms with Crippen molar-refractivity contribution in [2.24, 2.45) is 5.92 Å². The van der Waals surface area contributed by atoms with Gasteiger partial charge in [0.25, 0.3) is 5.91 Å². The first-order chi connectivity index (χ1) is 8.00. The van der Waals surface area contributed by atoms with Gasteiger partial charge in [-0.2, -0.15) is 0 Å². The number of hydrogen-bond acceptors (Lipinski definition) is 2. The topological polar surface area (TPSA) is 40.5 Å². The van der Waals surface area contributed by atoms with Crippen molar-refractivity contribution in [2.75, 3.05) is 11.4 Å². The number of amides is 1. The number of rotatable bonds is 3. The van der Waals surface area contributed by atoms with Crippen LogP contribution in [0.3, 0.4) is 0 Å². The predicted molar refractivity (Wildman–Crippen MR) is 67.9 cm³/mol. The lowest BCUT2D eigenvalue weighted by Crippen LogP contribution is -2.30. The molecular formula is C14H19NO2. The zero-order chi connectivity index (χ0) is 12.6. The van der Waals surface area contributed by atoms with Gasteiger partial charge in [0.2, 0.25) is 0 Å². The van der Waals surface area contributed by atoms with Gasteiger partial charge in [-0.05, 0) is 25.3 Å². The molecule has 0 aliphatic carbocycles. The summed E-state index contributed by atoms with van der Waals surface area (Å²) < 4.78 is 0. The maximum absolute atomic E-state index is 12.0. The summed E-state index contributed by atoms with van der Waals surface area (Å²) in [6.45, 7) is 6.91. The number of benzene rings is 1. The first-order valence-corrected chi connectivity index (χ1v) is 6.10. The Hall–Kier alpha value is -1.35. The van der Waals surface area contributed by atoms with Gasteiger partial charge in [0.1, 0.15) is 0 Å². The molecule has 0 aromatic heterocycles. The van der Waals surface area contributed by atoms with E-state index < -0.39 is 6.10 Å². The summed E-state index contributed by atoms with van der Waals surface area (Å²) in [5.41, 5.74) is 2.69. The van der Waals surface area contributed by atoms with E-state index in [9.17, 15) is 9.90 Å². The van der Waals surface area contributed by atoms with Crippen LogP contribution in [-0.2, 0) is 4.79 Å². The van der Waals surface area contributed by atoms with Gasteiger partial charge in [-0.25, -0.2) is 0 Å². The van der Waals surface area contributed by atoms with Crippen LogP contribution in [0.25, 0.3) is 0 Å². The standard InChI is InChI=1S/C14H19NO2/c1-9(2)6-7-15-12-5-4-10(3)8-11(12)13(16)14(15)17/h4-5,8-9,13,16H,6-7H2,1-3H3. The molecule has 0 bridgehead atoms. The van der Waals surface area contributed by atoms with Crippen molar-refractivity contribution in [1.29, 1.82) is 0 Å². The highest BCUT2D eigenvalue weighted by Crippen LogP contribution is 2.36. The fourth-order valence-corrected chi connectivity index (χ4v) is 2.16. The molecule has 1 atom stereocenters. The van der Waals surface area contributed by atoms with Crippen molar-refractivity contribution < 1.29 is 9.90 Å². The third-order valence-corrected chi connectivity index (χ3v) is 3.20. The van der Waals surface area contributed by atoms with E-state index in [0.29, 0.717) is 12.5 Å². The summed E-state index contributed by atoms with van der Waals surface area (Å²) in [5.74, 6) is 0.362. The normalized spacial score (nSPS) is 19.0. The van der Waals surface area contributed by atoms with Crippen molar-refractivity contribution in [1.82, 2.24) is 0 Å². The molecule has 1 aliphatic heterocycles. The van der Waals surface area contributed by atoms with Gasteiger partial charge in [-0.3, -0.25) is 4.79 Å². The molecule has 0 radical (unpaired) electrons. The van der Waals surface area contributed by atoms with Crippen LogP contribution < -0.4 is 4.90 Å². The molecule has 1 heterocycles. The summed E-state index contributed by atoms with van der Waals surface area (Å²) in [5, 5.41) is 9.92. The highest BCUT2D eigenvalue weighted by Gasteiger charge is 2.35. The number of carbonyl (C=O) groups excluding carboxylic acids is 1. The van der Waals surface area contributed by atoms with Crippen LogP contribution in [0.5, 0.6) is 0 Å². The Kier molecular flexibility index (Phi) is 3.20. The Morgan fingerprint density at radius 2 is 2.12 bits per heavy atom. The van der Waals surface area contributed by atoms with Crippen LogP contribution in [0.1, 0.15) is 37.5 Å². The van der Waals surface area contributed by atoms with Crippen LogP contribution in [-0.4, -0.2) is 17.6 Å². The number of fused-ring (bicyclic) bond motifs is 1. The third kappa shape index (κ3) is 2.20. The predicted octanol–water partition coefficient (Wildman–Crippen LogP) is 2.42. The van der Waals surface area contributed by atoms with E-state index in [0.717, 1.165) is 23.2 Å². The molecular weight excluding hydrogens is 214 g/mol. The van der Waals surface area contributed by atoms with E-state index in [1.807, 2.05) is 25.1 Å². The molecule has 0 saturated heterocycles. The van der Waals surface area contributed by atoms with E-state index in [1.54, 1.807) is 4.90 Å². The van der Waals surface area contributed by atoms with Gasteiger partial charge in [0, 0.05) is 12.1 Å². The molecule has 17 heavy (non-hydrogen) atoms. The van der Waals surface area contributed by atoms with E-state index in [2.05, 4.69) is 13.8 Å². The molecule has 1 aliphatic rings. The molecule has 2 rings (SSSR count). The van der Waals surface area contributed by atoms with Crippen molar-refractivity contribution >= 4 is 11.6 Å². The monoisotopic (exact) mass is 233 g/mol. The Morgan fingerprint density at radius 1 is 1.41 bits per heavy atom. The van der Waals surface area contributed by atoms with Gasteiger partial charge >= 0.3 is 0 Å². The van der Waals surface area contributed by atoms with E-state index in [-0.39, 0.29) is 5.91 Å². The highest BCUT2D eigenvalue weighted by molar-refractivity contribution is 6.03. The zero-order valence-corrected chi connectivity index (χ0v) is 10.6. The lowest BCUT2D eigenvalue weighted by Gasteiger charge is -2.18. The van der Waals surface area contributed by atoms with Gasteiger partial charge in [-0.1, -0.05) is 31.5 Å². The van der Waals surface area contributed by atoms with Crippen molar-refractivity contribution in [3.8, 4) is 0 Å². The number of aryl methyl sites for hydroxylation is 1. The van der Waals surface area contributed by atoms with E-state index >= 15 is 0 Å². The number of carbonyl (C=O) groups is 1. The number of nitrogens with zero attached hydrogens (tertiary/aromatic N) is 1. The Balaban J connectivity index is 2.28. The lowest BCUT2D eigenvalue weighted by molar-refractivity contribution is -0.125. The van der Waals surface area contributed by atoms with Crippen LogP contribution in [0.2, 0.25) is 0 Å². The molecule has 0 spiro atoms. The smallest absolute Gasteiger partial charge is 0.260 e. The first kappa shape index (κ1) is 12.1. The average molecular weight is 233 g/mol. The maximum Gasteiger partial charge on any atom is 0.260 e. The molecule has 1 aromatic rings. The quantitative estimate of drug-likeness (QED) is 0.871. The number of anilines is 1. The molecule has 1 aromatic carbocycles. The minimum Gasteiger partial charge on any atom is -0.378 e. The van der Waals surface area contributed by atoms with E-state index in [1.165, 1.54) is 0 Å². The van der Waals surface area contributed by atoms with Gasteiger partial charge in [-0.15, -0.1) is 0 Å². The third-order valence-electron chi connectivity index (χ3n) is 3.20. The molecule has 1 amide bonds. The van der Waals surface area contributed by atoms with Crippen molar-refractivity contribution in [3.63, 3.8) is 0 Å². The average Bonchev–Trinajstić information content (AvgIpc) is 2.50. The maximum atomic E-state index is 12.0. The van der Waals surface area contributed by atoms with Gasteiger partial charge < -0.3 is 10.0 Å². The van der Waals surface area contributed by atoms with Crippen molar-refractivity contribution in [3.05, 3.63) is 29.3 Å². The van der Waals surface area contributed by atoms with Gasteiger partial charge in [0.15, 0.2) is 6.10 Å². The Labute approximate surface area is 102 Å². The minimum atomic E-state index is -0.975. The van der Waals surface area contributed by atoms with Gasteiger partial charge in [0.05, 0.1) is 5.69 Å². The summed E-state index contributed by atoms with van der Waals surface area (Å²) in [6, 6.07) is 5.80. The lowest BCUT2D eigenvalue weighted by atomic mass is 10.1. The molecule has 92 valence electrons. The SMILES string of the molecule is Cc1ccc2c(c1)C(O)C(=O)N2CCC(C)C. The molecule has 0 saturated carbocycles. The van der Waals surface area contributed by atoms with Crippen LogP contribution in [0.4, 0.5) is 5.69 Å². The minimum absolute atomic E-state index is 0.189. The fourth-order valence-electron chi connectivity index (χ4n) is 2.16. The molecule has 1 N–H and O–H groups in total. The second kappa shape index (κ2) is 4.49. The number of hydrogen-bond donors (Lipinski definition) is 1. The largest absolute Gasteiger partial charge is 0.378 e. The first-order valence-electron chi connectivity index (χ1n) is 6.10. The van der Waals surface area contributed by atoms with Crippen molar-refractivity contribution in [2.45, 2.75) is 33.3 Å². The van der Waals surface area contributed by atoms with Crippen LogP contribution in [0.15, 0.2) is 18.2 Å². The van der Waals surface area contributed by atoms with E-state index in [4.69, 9.17) is 0 Å². The summed E-state index contributed by atoms with van der Waals surface area (Å²) in [7, 11) is 0. The number of aliphatic hydroxyl groups is 1. The second-order valence-electron chi connectivity index (χ2n) is 5.14. The molecule has 1 unspecified atom stereocenters. The summed E-state index contributed by atoms with van der Waals surface area (Å²) in [4.78, 5) is 13.7. The summed E-state index contributed by atoms with van der Waals surface area (Å²) >= 11 is 0. The Morgan fingerprint density at radius 3 is 2.76 bits per heavy atom. The van der Waals surface area contributed by atoms with Crippen LogP contribution >= 0.6 is 0 Å². The molecule has 0 fully saturated rings. The Bertz CT molecular complexity index is 440. The second-order valence-corrected chi connectivity index (χ2v) is 5.14. The van der Waals surface area contributed by atoms with Crippen LogP contribution in [0, 0.1) is 12.8 Å². The summed E-state index contributed by atoms with van der Waals surface area (Å²) in [6.07, 6.45) is -0.0248. The fraction of sp³-hybridized carbons (Fsp3) is 0.500. The number of aliphatic hydroxyl groups excluding tert-OH is 1. The zero-order valence-electron chi connectivity index (χ0n) is 10.6. The molecule has 3 nitrogen and oxygen atoms in total. The highest BCUT2D eigenvalue weighted by atomic mass is 16.3.